The molecule has 6 nitrogen and oxygen atoms in total. The van der Waals surface area contributed by atoms with Crippen LogP contribution in [0.25, 0.3) is 0 Å². The van der Waals surface area contributed by atoms with E-state index in [9.17, 15) is 19.8 Å². The monoisotopic (exact) mass is 328 g/mol. The van der Waals surface area contributed by atoms with Crippen LogP contribution in [0.2, 0.25) is 0 Å². The van der Waals surface area contributed by atoms with Crippen molar-refractivity contribution in [3.63, 3.8) is 0 Å². The maximum Gasteiger partial charge on any atom is 0.250 e. The molecule has 126 valence electrons. The van der Waals surface area contributed by atoms with E-state index in [0.717, 1.165) is 0 Å². The maximum atomic E-state index is 12.4. The second-order valence-electron chi connectivity index (χ2n) is 6.06. The lowest BCUT2D eigenvalue weighted by molar-refractivity contribution is -0.152. The van der Waals surface area contributed by atoms with Crippen LogP contribution in [-0.4, -0.2) is 44.8 Å². The third-order valence-electron chi connectivity index (χ3n) is 4.54. The maximum absolute atomic E-state index is 12.4. The van der Waals surface area contributed by atoms with E-state index in [2.05, 4.69) is 0 Å². The van der Waals surface area contributed by atoms with Gasteiger partial charge in [-0.1, -0.05) is 36.4 Å². The number of hydrogen-bond donors (Lipinski definition) is 2. The molecule has 6 heteroatoms. The SMILES string of the molecule is O=C(Cn1ccccc1=O)N1CC[C@](O)(c2ccccc2)[C@@H](O)C1. The number of aromatic nitrogens is 1. The summed E-state index contributed by atoms with van der Waals surface area (Å²) in [6.07, 6.45) is 0.722. The number of amides is 1. The van der Waals surface area contributed by atoms with Gasteiger partial charge in [-0.05, 0) is 11.6 Å². The number of piperidine rings is 1. The minimum absolute atomic E-state index is 0.0335. The zero-order valence-corrected chi connectivity index (χ0v) is 13.2. The number of aliphatic hydroxyl groups is 2. The molecular weight excluding hydrogens is 308 g/mol. The van der Waals surface area contributed by atoms with E-state index in [1.165, 1.54) is 15.5 Å². The molecule has 1 aliphatic rings. The van der Waals surface area contributed by atoms with Crippen LogP contribution in [0.1, 0.15) is 12.0 Å². The molecule has 1 amide bonds. The average Bonchev–Trinajstić information content (AvgIpc) is 2.60. The van der Waals surface area contributed by atoms with Crippen molar-refractivity contribution in [1.29, 1.82) is 0 Å². The number of carbonyl (C=O) groups is 1. The zero-order valence-electron chi connectivity index (χ0n) is 13.2. The Morgan fingerprint density at radius 1 is 1.17 bits per heavy atom. The van der Waals surface area contributed by atoms with Gasteiger partial charge in [0.05, 0.1) is 0 Å². The number of carbonyl (C=O) groups excluding carboxylic acids is 1. The van der Waals surface area contributed by atoms with Crippen molar-refractivity contribution in [3.05, 3.63) is 70.6 Å². The summed E-state index contributed by atoms with van der Waals surface area (Å²) in [6, 6.07) is 13.7. The molecule has 0 spiro atoms. The van der Waals surface area contributed by atoms with E-state index in [1.54, 1.807) is 42.6 Å². The molecule has 2 atom stereocenters. The van der Waals surface area contributed by atoms with Crippen molar-refractivity contribution < 1.29 is 15.0 Å². The molecule has 1 aromatic heterocycles. The standard InChI is InChI=1S/C18H20N2O4/c21-15-12-20(17(23)13-19-10-5-4-8-16(19)22)11-9-18(15,24)14-6-2-1-3-7-14/h1-8,10,15,21,24H,9,11-13H2/t15-,18-/m0/s1. The van der Waals surface area contributed by atoms with E-state index in [-0.39, 0.29) is 31.0 Å². The van der Waals surface area contributed by atoms with Crippen LogP contribution in [-0.2, 0) is 16.9 Å². The summed E-state index contributed by atoms with van der Waals surface area (Å²) < 4.78 is 1.33. The van der Waals surface area contributed by atoms with Crippen LogP contribution < -0.4 is 5.56 Å². The minimum atomic E-state index is -1.36. The zero-order chi connectivity index (χ0) is 17.2. The van der Waals surface area contributed by atoms with Gasteiger partial charge >= 0.3 is 0 Å². The topological polar surface area (TPSA) is 82.8 Å². The molecule has 0 aliphatic carbocycles. The van der Waals surface area contributed by atoms with Crippen LogP contribution in [0.3, 0.4) is 0 Å². The lowest BCUT2D eigenvalue weighted by Crippen LogP contribution is -2.55. The first-order valence-electron chi connectivity index (χ1n) is 7.90. The Kier molecular flexibility index (Phi) is 4.51. The first-order valence-corrected chi connectivity index (χ1v) is 7.90. The molecule has 1 fully saturated rings. The van der Waals surface area contributed by atoms with Gasteiger partial charge in [0.15, 0.2) is 0 Å². The van der Waals surface area contributed by atoms with Crippen molar-refractivity contribution in [2.75, 3.05) is 13.1 Å². The van der Waals surface area contributed by atoms with E-state index in [4.69, 9.17) is 0 Å². The first-order chi connectivity index (χ1) is 11.5. The fraction of sp³-hybridized carbons (Fsp3) is 0.333. The van der Waals surface area contributed by atoms with Crippen molar-refractivity contribution >= 4 is 5.91 Å². The predicted octanol–water partition coefficient (Wildman–Crippen LogP) is 0.329. The number of pyridine rings is 1. The van der Waals surface area contributed by atoms with Gasteiger partial charge in [-0.3, -0.25) is 9.59 Å². The lowest BCUT2D eigenvalue weighted by atomic mass is 9.82. The van der Waals surface area contributed by atoms with Crippen LogP contribution in [0, 0.1) is 0 Å². The Bertz CT molecular complexity index is 774. The van der Waals surface area contributed by atoms with Gasteiger partial charge in [0.1, 0.15) is 18.2 Å². The van der Waals surface area contributed by atoms with E-state index < -0.39 is 11.7 Å². The summed E-state index contributed by atoms with van der Waals surface area (Å²) in [7, 11) is 0. The van der Waals surface area contributed by atoms with Crippen LogP contribution in [0.15, 0.2) is 59.5 Å². The molecule has 0 saturated carbocycles. The quantitative estimate of drug-likeness (QED) is 0.851. The van der Waals surface area contributed by atoms with Gasteiger partial charge in [-0.2, -0.15) is 0 Å². The van der Waals surface area contributed by atoms with Gasteiger partial charge < -0.3 is 19.7 Å². The third-order valence-corrected chi connectivity index (χ3v) is 4.54. The molecule has 0 bridgehead atoms. The van der Waals surface area contributed by atoms with Gasteiger partial charge in [-0.15, -0.1) is 0 Å². The molecule has 2 aromatic rings. The molecule has 2 heterocycles. The number of benzene rings is 1. The highest BCUT2D eigenvalue weighted by molar-refractivity contribution is 5.76. The van der Waals surface area contributed by atoms with E-state index in [0.29, 0.717) is 12.1 Å². The fourth-order valence-corrected chi connectivity index (χ4v) is 3.05. The minimum Gasteiger partial charge on any atom is -0.388 e. The first kappa shape index (κ1) is 16.4. The molecule has 24 heavy (non-hydrogen) atoms. The summed E-state index contributed by atoms with van der Waals surface area (Å²) in [4.78, 5) is 25.6. The highest BCUT2D eigenvalue weighted by Gasteiger charge is 2.43. The van der Waals surface area contributed by atoms with E-state index >= 15 is 0 Å². The summed E-state index contributed by atoms with van der Waals surface area (Å²) >= 11 is 0. The smallest absolute Gasteiger partial charge is 0.250 e. The number of likely N-dealkylation sites (tertiary alicyclic amines) is 1. The highest BCUT2D eigenvalue weighted by Crippen LogP contribution is 2.33. The number of β-amino-alcohol motifs (C(OH)–C–C–N with tert-alkyl or cyclic N) is 1. The average molecular weight is 328 g/mol. The van der Waals surface area contributed by atoms with Crippen molar-refractivity contribution in [2.24, 2.45) is 0 Å². The second-order valence-corrected chi connectivity index (χ2v) is 6.06. The molecular formula is C18H20N2O4. The third kappa shape index (κ3) is 3.11. The summed E-state index contributed by atoms with van der Waals surface area (Å²) in [5, 5.41) is 21.2. The van der Waals surface area contributed by atoms with Crippen LogP contribution in [0.4, 0.5) is 0 Å². The van der Waals surface area contributed by atoms with Crippen molar-refractivity contribution in [1.82, 2.24) is 9.47 Å². The van der Waals surface area contributed by atoms with Crippen molar-refractivity contribution in [2.45, 2.75) is 24.7 Å². The van der Waals surface area contributed by atoms with Crippen LogP contribution in [0.5, 0.6) is 0 Å². The number of rotatable bonds is 3. The Labute approximate surface area is 139 Å². The Morgan fingerprint density at radius 3 is 2.54 bits per heavy atom. The summed E-state index contributed by atoms with van der Waals surface area (Å²) in [5.74, 6) is -0.252. The fourth-order valence-electron chi connectivity index (χ4n) is 3.05. The Morgan fingerprint density at radius 2 is 1.88 bits per heavy atom. The van der Waals surface area contributed by atoms with Gasteiger partial charge in [-0.25, -0.2) is 0 Å². The second kappa shape index (κ2) is 6.59. The highest BCUT2D eigenvalue weighted by atomic mass is 16.3. The van der Waals surface area contributed by atoms with Gasteiger partial charge in [0.2, 0.25) is 5.91 Å². The summed E-state index contributed by atoms with van der Waals surface area (Å²) in [5.41, 5.74) is -0.963. The van der Waals surface area contributed by atoms with Crippen LogP contribution >= 0.6 is 0 Å². The Balaban J connectivity index is 1.70. The molecule has 1 aliphatic heterocycles. The molecule has 1 saturated heterocycles. The number of hydrogen-bond acceptors (Lipinski definition) is 4. The van der Waals surface area contributed by atoms with E-state index in [1.807, 2.05) is 6.07 Å². The predicted molar refractivity (Wildman–Crippen MR) is 88.2 cm³/mol. The molecule has 0 unspecified atom stereocenters. The summed E-state index contributed by atoms with van der Waals surface area (Å²) in [6.45, 7) is 0.283. The molecule has 1 aromatic carbocycles. The normalized spacial score (nSPS) is 23.9. The number of nitrogens with zero attached hydrogens (tertiary/aromatic N) is 2. The van der Waals surface area contributed by atoms with Gasteiger partial charge in [0.25, 0.3) is 5.56 Å². The van der Waals surface area contributed by atoms with Crippen molar-refractivity contribution in [3.8, 4) is 0 Å². The Hall–Kier alpha value is -2.44. The molecule has 0 radical (unpaired) electrons. The largest absolute Gasteiger partial charge is 0.388 e. The van der Waals surface area contributed by atoms with Gasteiger partial charge in [0, 0.05) is 31.8 Å². The molecule has 3 rings (SSSR count). The molecule has 2 N–H and O–H groups in total. The lowest BCUT2D eigenvalue weighted by Gasteiger charge is -2.42. The number of aliphatic hydroxyl groups excluding tert-OH is 1.